The van der Waals surface area contributed by atoms with Gasteiger partial charge < -0.3 is 39.7 Å². The third-order valence-corrected chi connectivity index (χ3v) is 6.05. The van der Waals surface area contributed by atoms with Crippen molar-refractivity contribution < 1.29 is 39.7 Å². The number of aliphatic hydroxyl groups excluding tert-OH is 5. The van der Waals surface area contributed by atoms with Crippen molar-refractivity contribution in [1.82, 2.24) is 0 Å². The van der Waals surface area contributed by atoms with E-state index >= 15 is 0 Å². The molecule has 2 fully saturated rings. The van der Waals surface area contributed by atoms with Crippen LogP contribution < -0.4 is 0 Å². The van der Waals surface area contributed by atoms with Crippen molar-refractivity contribution >= 4 is 0 Å². The second-order valence-corrected chi connectivity index (χ2v) is 8.34. The molecule has 0 radical (unpaired) electrons. The predicted octanol–water partition coefficient (Wildman–Crippen LogP) is -0.565. The molecule has 2 rings (SSSR count). The lowest BCUT2D eigenvalue weighted by Gasteiger charge is -2.46. The lowest BCUT2D eigenvalue weighted by Crippen LogP contribution is -2.61. The van der Waals surface area contributed by atoms with Gasteiger partial charge in [0, 0.05) is 20.6 Å². The zero-order chi connectivity index (χ0) is 20.3. The molecule has 0 aromatic carbocycles. The molecule has 2 aliphatic rings. The molecule has 0 bridgehead atoms. The molecule has 0 aromatic rings. The summed E-state index contributed by atoms with van der Waals surface area (Å²) in [7, 11) is 2.92. The third-order valence-electron chi connectivity index (χ3n) is 6.05. The standard InChI is InChI=1S/C19H36O8/c1-9(2)5-6-10-7-11(25-3)17(23)19(14(10)20)27-13-8-12(26-4)15(21)18(24)16(13)22/h9-24H,5-8H2,1-4H3/t10?,11-,12-,13-,14-,15-,16-,17-,18-,19+/m0/s1. The molecule has 0 heterocycles. The van der Waals surface area contributed by atoms with Crippen LogP contribution in [-0.4, -0.2) is 94.7 Å². The van der Waals surface area contributed by atoms with Crippen LogP contribution >= 0.6 is 0 Å². The molecule has 27 heavy (non-hydrogen) atoms. The average molecular weight is 392 g/mol. The maximum Gasteiger partial charge on any atom is 0.112 e. The lowest BCUT2D eigenvalue weighted by atomic mass is 9.77. The average Bonchev–Trinajstić information content (AvgIpc) is 2.64. The molecule has 2 saturated carbocycles. The normalized spacial score (nSPS) is 46.0. The van der Waals surface area contributed by atoms with Crippen LogP contribution in [0.15, 0.2) is 0 Å². The molecule has 0 aliphatic heterocycles. The largest absolute Gasteiger partial charge is 0.390 e. The first-order valence-electron chi connectivity index (χ1n) is 9.82. The van der Waals surface area contributed by atoms with Gasteiger partial charge in [0.2, 0.25) is 0 Å². The zero-order valence-electron chi connectivity index (χ0n) is 16.6. The highest BCUT2D eigenvalue weighted by Gasteiger charge is 2.49. The van der Waals surface area contributed by atoms with E-state index in [-0.39, 0.29) is 12.3 Å². The molecule has 10 atom stereocenters. The maximum atomic E-state index is 10.8. The fourth-order valence-corrected chi connectivity index (χ4v) is 4.21. The summed E-state index contributed by atoms with van der Waals surface area (Å²) in [5, 5.41) is 51.8. The number of rotatable bonds is 7. The predicted molar refractivity (Wildman–Crippen MR) is 97.1 cm³/mol. The second-order valence-electron chi connectivity index (χ2n) is 8.34. The van der Waals surface area contributed by atoms with Gasteiger partial charge >= 0.3 is 0 Å². The van der Waals surface area contributed by atoms with E-state index in [2.05, 4.69) is 13.8 Å². The first kappa shape index (κ1) is 23.0. The monoisotopic (exact) mass is 392 g/mol. The van der Waals surface area contributed by atoms with E-state index in [1.54, 1.807) is 0 Å². The van der Waals surface area contributed by atoms with Gasteiger partial charge in [-0.05, 0) is 24.7 Å². The summed E-state index contributed by atoms with van der Waals surface area (Å²) >= 11 is 0. The van der Waals surface area contributed by atoms with Crippen LogP contribution in [0.1, 0.15) is 39.5 Å². The van der Waals surface area contributed by atoms with E-state index in [0.29, 0.717) is 12.3 Å². The molecular weight excluding hydrogens is 356 g/mol. The van der Waals surface area contributed by atoms with Crippen LogP contribution in [0.3, 0.4) is 0 Å². The van der Waals surface area contributed by atoms with Gasteiger partial charge in [0.1, 0.15) is 30.5 Å². The highest BCUT2D eigenvalue weighted by atomic mass is 16.6. The molecule has 0 saturated heterocycles. The van der Waals surface area contributed by atoms with E-state index in [9.17, 15) is 25.5 Å². The van der Waals surface area contributed by atoms with E-state index < -0.39 is 54.9 Å². The fourth-order valence-electron chi connectivity index (χ4n) is 4.21. The molecular formula is C19H36O8. The Morgan fingerprint density at radius 2 is 1.30 bits per heavy atom. The Bertz CT molecular complexity index is 445. The molecule has 8 nitrogen and oxygen atoms in total. The SMILES string of the molecule is CO[C@H]1C[C@H](O[C@H]2[C@@H](O)[C@@H](OC)CC(CCC(C)C)[C@@H]2O)[C@H](O)[C@@H](O)[C@H]1O. The first-order valence-corrected chi connectivity index (χ1v) is 9.82. The van der Waals surface area contributed by atoms with Crippen molar-refractivity contribution in [1.29, 1.82) is 0 Å². The Hall–Kier alpha value is -0.320. The van der Waals surface area contributed by atoms with Crippen LogP contribution in [0.25, 0.3) is 0 Å². The van der Waals surface area contributed by atoms with Gasteiger partial charge in [-0.25, -0.2) is 0 Å². The number of hydrogen-bond acceptors (Lipinski definition) is 8. The Morgan fingerprint density at radius 1 is 0.741 bits per heavy atom. The molecule has 5 N–H and O–H groups in total. The molecule has 2 aliphatic carbocycles. The number of ether oxygens (including phenoxy) is 3. The minimum absolute atomic E-state index is 0.0970. The van der Waals surface area contributed by atoms with Crippen molar-refractivity contribution in [3.05, 3.63) is 0 Å². The van der Waals surface area contributed by atoms with E-state index in [0.717, 1.165) is 12.8 Å². The number of hydrogen-bond donors (Lipinski definition) is 5. The van der Waals surface area contributed by atoms with E-state index in [4.69, 9.17) is 14.2 Å². The Morgan fingerprint density at radius 3 is 1.85 bits per heavy atom. The minimum atomic E-state index is -1.43. The van der Waals surface area contributed by atoms with Gasteiger partial charge in [0.25, 0.3) is 0 Å². The smallest absolute Gasteiger partial charge is 0.112 e. The summed E-state index contributed by atoms with van der Waals surface area (Å²) in [5.41, 5.74) is 0. The van der Waals surface area contributed by atoms with Crippen LogP contribution in [0, 0.1) is 11.8 Å². The van der Waals surface area contributed by atoms with E-state index in [1.807, 2.05) is 0 Å². The first-order chi connectivity index (χ1) is 12.7. The molecule has 8 heteroatoms. The van der Waals surface area contributed by atoms with Gasteiger partial charge in [-0.2, -0.15) is 0 Å². The minimum Gasteiger partial charge on any atom is -0.390 e. The third kappa shape index (κ3) is 5.19. The molecule has 0 aromatic heterocycles. The highest BCUT2D eigenvalue weighted by molar-refractivity contribution is 4.99. The van der Waals surface area contributed by atoms with Gasteiger partial charge in [-0.15, -0.1) is 0 Å². The summed E-state index contributed by atoms with van der Waals surface area (Å²) in [6, 6.07) is 0. The fraction of sp³-hybridized carbons (Fsp3) is 1.00. The highest BCUT2D eigenvalue weighted by Crippen LogP contribution is 2.35. The molecule has 0 spiro atoms. The van der Waals surface area contributed by atoms with Gasteiger partial charge in [-0.3, -0.25) is 0 Å². The summed E-state index contributed by atoms with van der Waals surface area (Å²) in [4.78, 5) is 0. The van der Waals surface area contributed by atoms with Crippen molar-refractivity contribution in [2.24, 2.45) is 11.8 Å². The van der Waals surface area contributed by atoms with Crippen LogP contribution in [0.5, 0.6) is 0 Å². The maximum absolute atomic E-state index is 10.8. The molecule has 160 valence electrons. The summed E-state index contributed by atoms with van der Waals surface area (Å²) < 4.78 is 16.5. The van der Waals surface area contributed by atoms with Crippen molar-refractivity contribution in [2.75, 3.05) is 14.2 Å². The summed E-state index contributed by atoms with van der Waals surface area (Å²) in [6.45, 7) is 4.23. The molecule has 1 unspecified atom stereocenters. The van der Waals surface area contributed by atoms with Crippen molar-refractivity contribution in [3.63, 3.8) is 0 Å². The summed E-state index contributed by atoms with van der Waals surface area (Å²) in [6.07, 6.45) is -6.62. The number of aliphatic hydroxyl groups is 5. The molecule has 0 amide bonds. The van der Waals surface area contributed by atoms with Crippen LogP contribution in [0.2, 0.25) is 0 Å². The van der Waals surface area contributed by atoms with Crippen LogP contribution in [0.4, 0.5) is 0 Å². The Labute approximate surface area is 161 Å². The second kappa shape index (κ2) is 9.93. The number of methoxy groups -OCH3 is 2. The van der Waals surface area contributed by atoms with Gasteiger partial charge in [-0.1, -0.05) is 20.3 Å². The Kier molecular flexibility index (Phi) is 8.45. The lowest BCUT2D eigenvalue weighted by molar-refractivity contribution is -0.248. The van der Waals surface area contributed by atoms with Gasteiger partial charge in [0.05, 0.1) is 24.4 Å². The van der Waals surface area contributed by atoms with Crippen LogP contribution in [-0.2, 0) is 14.2 Å². The van der Waals surface area contributed by atoms with Crippen molar-refractivity contribution in [3.8, 4) is 0 Å². The Balaban J connectivity index is 2.13. The van der Waals surface area contributed by atoms with E-state index in [1.165, 1.54) is 14.2 Å². The summed E-state index contributed by atoms with van der Waals surface area (Å²) in [5.74, 6) is 0.392. The zero-order valence-corrected chi connectivity index (χ0v) is 16.6. The van der Waals surface area contributed by atoms with Crippen molar-refractivity contribution in [2.45, 2.75) is 94.5 Å². The topological polar surface area (TPSA) is 129 Å². The quantitative estimate of drug-likeness (QED) is 0.390. The van der Waals surface area contributed by atoms with Gasteiger partial charge in [0.15, 0.2) is 0 Å².